The normalized spacial score (nSPS) is 13.1. The molecule has 0 radical (unpaired) electrons. The van der Waals surface area contributed by atoms with Crippen LogP contribution in [0.25, 0.3) is 0 Å². The van der Waals surface area contributed by atoms with Gasteiger partial charge in [0.15, 0.2) is 0 Å². The molecule has 0 aliphatic rings. The Balaban J connectivity index is 2.44. The molecule has 0 aromatic heterocycles. The van der Waals surface area contributed by atoms with Gasteiger partial charge in [0.25, 0.3) is 0 Å². The number of rotatable bonds is 5. The molecule has 0 heterocycles. The molecule has 0 bridgehead atoms. The Labute approximate surface area is 128 Å². The molecule has 0 aliphatic heterocycles. The van der Waals surface area contributed by atoms with E-state index in [2.05, 4.69) is 12.6 Å². The molecule has 0 N–H and O–H groups in total. The maximum Gasteiger partial charge on any atom is 0.0852 e. The van der Waals surface area contributed by atoms with Gasteiger partial charge in [-0.1, -0.05) is 42.0 Å². The van der Waals surface area contributed by atoms with Crippen molar-refractivity contribution in [3.8, 4) is 6.07 Å². The summed E-state index contributed by atoms with van der Waals surface area (Å²) in [6.45, 7) is 5.69. The Hall–Kier alpha value is -2.18. The second-order valence-corrected chi connectivity index (χ2v) is 6.27. The summed E-state index contributed by atoms with van der Waals surface area (Å²) in [6, 6.07) is 17.3. The number of nitriles is 1. The lowest BCUT2D eigenvalue weighted by atomic mass is 9.97. The monoisotopic (exact) mass is 295 g/mol. The van der Waals surface area contributed by atoms with Gasteiger partial charge in [0.2, 0.25) is 0 Å². The van der Waals surface area contributed by atoms with Gasteiger partial charge in [0, 0.05) is 9.79 Å². The van der Waals surface area contributed by atoms with Crippen LogP contribution in [0.2, 0.25) is 0 Å². The van der Waals surface area contributed by atoms with E-state index in [4.69, 9.17) is 0 Å². The van der Waals surface area contributed by atoms with Crippen LogP contribution in [-0.2, 0) is 10.8 Å². The average molecular weight is 295 g/mol. The third-order valence-electron chi connectivity index (χ3n) is 3.29. The molecule has 2 rings (SSSR count). The van der Waals surface area contributed by atoms with Crippen molar-refractivity contribution in [3.05, 3.63) is 72.3 Å². The molecule has 2 nitrogen and oxygen atoms in total. The van der Waals surface area contributed by atoms with Crippen molar-refractivity contribution in [3.63, 3.8) is 0 Å². The molecule has 2 aromatic carbocycles. The first-order valence-electron chi connectivity index (χ1n) is 6.75. The summed E-state index contributed by atoms with van der Waals surface area (Å²) in [7, 11) is -1.28. The van der Waals surface area contributed by atoms with Crippen LogP contribution in [0.3, 0.4) is 0 Å². The van der Waals surface area contributed by atoms with Crippen LogP contribution in [0.4, 0.5) is 0 Å². The maximum atomic E-state index is 12.8. The molecule has 21 heavy (non-hydrogen) atoms. The van der Waals surface area contributed by atoms with E-state index in [0.717, 1.165) is 16.0 Å². The van der Waals surface area contributed by atoms with E-state index < -0.39 is 10.8 Å². The minimum absolute atomic E-state index is 0.312. The zero-order chi connectivity index (χ0) is 15.2. The molecular weight excluding hydrogens is 278 g/mol. The molecule has 0 saturated heterocycles. The Morgan fingerprint density at radius 1 is 1.24 bits per heavy atom. The van der Waals surface area contributed by atoms with E-state index in [0.29, 0.717) is 11.3 Å². The van der Waals surface area contributed by atoms with Crippen LogP contribution in [0.15, 0.2) is 71.0 Å². The van der Waals surface area contributed by atoms with Gasteiger partial charge in [-0.15, -0.1) is 6.58 Å². The standard InChI is InChI=1S/C18H17NOS/c1-3-6-15(13-19)17-7-4-5-8-18(17)21(20)16-11-9-14(2)10-12-16/h3-5,7-12,15H,1,6H2,2H3. The number of hydrogen-bond donors (Lipinski definition) is 0. The predicted molar refractivity (Wildman–Crippen MR) is 85.5 cm³/mol. The van der Waals surface area contributed by atoms with Crippen LogP contribution in [-0.4, -0.2) is 4.21 Å². The molecule has 0 amide bonds. The van der Waals surface area contributed by atoms with Crippen LogP contribution in [0.1, 0.15) is 23.5 Å². The van der Waals surface area contributed by atoms with Crippen molar-refractivity contribution in [2.24, 2.45) is 0 Å². The second kappa shape index (κ2) is 7.01. The number of nitrogens with zero attached hydrogens (tertiary/aromatic N) is 1. The number of benzene rings is 2. The summed E-state index contributed by atoms with van der Waals surface area (Å²) in [5, 5.41) is 9.33. The number of hydrogen-bond acceptors (Lipinski definition) is 2. The first-order valence-corrected chi connectivity index (χ1v) is 7.90. The van der Waals surface area contributed by atoms with Gasteiger partial charge >= 0.3 is 0 Å². The Bertz CT molecular complexity index is 698. The Morgan fingerprint density at radius 2 is 1.90 bits per heavy atom. The highest BCUT2D eigenvalue weighted by Gasteiger charge is 2.18. The zero-order valence-corrected chi connectivity index (χ0v) is 12.8. The molecule has 106 valence electrons. The van der Waals surface area contributed by atoms with E-state index in [9.17, 15) is 9.47 Å². The molecule has 0 saturated carbocycles. The molecular formula is C18H17NOS. The predicted octanol–water partition coefficient (Wildman–Crippen LogP) is 4.35. The van der Waals surface area contributed by atoms with E-state index in [1.807, 2.05) is 55.5 Å². The molecule has 2 aromatic rings. The third-order valence-corrected chi connectivity index (χ3v) is 4.76. The quantitative estimate of drug-likeness (QED) is 0.770. The molecule has 2 unspecified atom stereocenters. The summed E-state index contributed by atoms with van der Waals surface area (Å²) < 4.78 is 12.8. The van der Waals surface area contributed by atoms with Gasteiger partial charge in [-0.3, -0.25) is 0 Å². The smallest absolute Gasteiger partial charge is 0.0852 e. The minimum atomic E-state index is -1.28. The molecule has 0 aliphatic carbocycles. The van der Waals surface area contributed by atoms with Crippen molar-refractivity contribution in [2.45, 2.75) is 29.1 Å². The zero-order valence-electron chi connectivity index (χ0n) is 12.0. The highest BCUT2D eigenvalue weighted by molar-refractivity contribution is 7.85. The van der Waals surface area contributed by atoms with Crippen LogP contribution < -0.4 is 0 Å². The van der Waals surface area contributed by atoms with Crippen LogP contribution in [0.5, 0.6) is 0 Å². The summed E-state index contributed by atoms with van der Waals surface area (Å²) in [5.41, 5.74) is 1.95. The lowest BCUT2D eigenvalue weighted by Crippen LogP contribution is -2.03. The van der Waals surface area contributed by atoms with Crippen molar-refractivity contribution >= 4 is 10.8 Å². The summed E-state index contributed by atoms with van der Waals surface area (Å²) in [6.07, 6.45) is 2.28. The number of allylic oxidation sites excluding steroid dienone is 1. The van der Waals surface area contributed by atoms with Gasteiger partial charge in [0.1, 0.15) is 0 Å². The first-order chi connectivity index (χ1) is 10.2. The molecule has 0 spiro atoms. The Morgan fingerprint density at radius 3 is 2.52 bits per heavy atom. The summed E-state index contributed by atoms with van der Waals surface area (Å²) in [5.74, 6) is -0.312. The third kappa shape index (κ3) is 3.48. The first kappa shape index (κ1) is 15.2. The van der Waals surface area contributed by atoms with Gasteiger partial charge < -0.3 is 0 Å². The summed E-state index contributed by atoms with van der Waals surface area (Å²) >= 11 is 0. The van der Waals surface area contributed by atoms with Crippen molar-refractivity contribution in [2.75, 3.05) is 0 Å². The lowest BCUT2D eigenvalue weighted by Gasteiger charge is -2.13. The highest BCUT2D eigenvalue weighted by Crippen LogP contribution is 2.28. The topological polar surface area (TPSA) is 40.9 Å². The van der Waals surface area contributed by atoms with Crippen molar-refractivity contribution in [1.29, 1.82) is 5.26 Å². The van der Waals surface area contributed by atoms with E-state index >= 15 is 0 Å². The van der Waals surface area contributed by atoms with E-state index in [-0.39, 0.29) is 5.92 Å². The second-order valence-electron chi connectivity index (χ2n) is 4.83. The molecule has 0 fully saturated rings. The van der Waals surface area contributed by atoms with Crippen molar-refractivity contribution < 1.29 is 4.21 Å². The van der Waals surface area contributed by atoms with Crippen LogP contribution >= 0.6 is 0 Å². The summed E-state index contributed by atoms with van der Waals surface area (Å²) in [4.78, 5) is 1.46. The fourth-order valence-corrected chi connectivity index (χ4v) is 3.41. The van der Waals surface area contributed by atoms with Gasteiger partial charge in [0.05, 0.1) is 22.8 Å². The van der Waals surface area contributed by atoms with Gasteiger partial charge in [-0.25, -0.2) is 4.21 Å². The minimum Gasteiger partial charge on any atom is -0.249 e. The van der Waals surface area contributed by atoms with Gasteiger partial charge in [-0.05, 0) is 37.1 Å². The van der Waals surface area contributed by atoms with Crippen molar-refractivity contribution in [1.82, 2.24) is 0 Å². The maximum absolute atomic E-state index is 12.8. The average Bonchev–Trinajstić information content (AvgIpc) is 2.53. The van der Waals surface area contributed by atoms with E-state index in [1.165, 1.54) is 0 Å². The van der Waals surface area contributed by atoms with E-state index in [1.54, 1.807) is 6.08 Å². The molecule has 2 atom stereocenters. The SMILES string of the molecule is C=CCC(C#N)c1ccccc1S(=O)c1ccc(C)cc1. The fraction of sp³-hybridized carbons (Fsp3) is 0.167. The number of aryl methyl sites for hydroxylation is 1. The lowest BCUT2D eigenvalue weighted by molar-refractivity contribution is 0.681. The largest absolute Gasteiger partial charge is 0.249 e. The van der Waals surface area contributed by atoms with Gasteiger partial charge in [-0.2, -0.15) is 5.26 Å². The highest BCUT2D eigenvalue weighted by atomic mass is 32.2. The molecule has 3 heteroatoms. The van der Waals surface area contributed by atoms with Crippen LogP contribution in [0, 0.1) is 18.3 Å². The Kier molecular flexibility index (Phi) is 5.08. The fourth-order valence-electron chi connectivity index (χ4n) is 2.14.